The van der Waals surface area contributed by atoms with Gasteiger partial charge in [-0.1, -0.05) is 12.6 Å². The molecule has 0 fully saturated rings. The monoisotopic (exact) mass is 194 g/mol. The van der Waals surface area contributed by atoms with E-state index >= 15 is 0 Å². The minimum atomic E-state index is 1.02. The Kier molecular flexibility index (Phi) is 1.54. The third kappa shape index (κ3) is 0.988. The molecule has 0 spiro atoms. The van der Waals surface area contributed by atoms with Crippen molar-refractivity contribution in [2.75, 3.05) is 0 Å². The first-order valence-electron chi connectivity index (χ1n) is 4.89. The summed E-state index contributed by atoms with van der Waals surface area (Å²) < 4.78 is 0. The predicted octanol–water partition coefficient (Wildman–Crippen LogP) is 2.83. The molecule has 0 radical (unpaired) electrons. The standard InChI is InChI=1S/C13H10N2/c1-8-10-4-3-6-15-13(10)11-5-7-14-9(2)12(8)11/h3-7H,1H2,2H3. The van der Waals surface area contributed by atoms with Crippen LogP contribution in [0, 0.1) is 6.92 Å². The molecule has 72 valence electrons. The lowest BCUT2D eigenvalue weighted by Crippen LogP contribution is -1.88. The maximum absolute atomic E-state index is 4.40. The summed E-state index contributed by atoms with van der Waals surface area (Å²) >= 11 is 0. The fourth-order valence-electron chi connectivity index (χ4n) is 2.14. The molecular formula is C13H10N2. The number of nitrogens with zero attached hydrogens (tertiary/aromatic N) is 2. The van der Waals surface area contributed by atoms with Gasteiger partial charge < -0.3 is 0 Å². The molecule has 0 atom stereocenters. The average Bonchev–Trinajstić information content (AvgIpc) is 2.55. The maximum Gasteiger partial charge on any atom is 0.0787 e. The first kappa shape index (κ1) is 8.36. The number of aromatic nitrogens is 2. The minimum Gasteiger partial charge on any atom is -0.261 e. The van der Waals surface area contributed by atoms with E-state index in [4.69, 9.17) is 0 Å². The van der Waals surface area contributed by atoms with Crippen molar-refractivity contribution in [2.45, 2.75) is 6.92 Å². The lowest BCUT2D eigenvalue weighted by Gasteiger charge is -2.02. The molecule has 0 unspecified atom stereocenters. The number of hydrogen-bond acceptors (Lipinski definition) is 2. The second-order valence-electron chi connectivity index (χ2n) is 3.70. The van der Waals surface area contributed by atoms with Crippen LogP contribution in [0.1, 0.15) is 16.8 Å². The van der Waals surface area contributed by atoms with Crippen molar-refractivity contribution >= 4 is 5.57 Å². The van der Waals surface area contributed by atoms with Crippen LogP contribution in [0.5, 0.6) is 0 Å². The van der Waals surface area contributed by atoms with E-state index < -0.39 is 0 Å². The molecule has 0 saturated carbocycles. The van der Waals surface area contributed by atoms with E-state index in [9.17, 15) is 0 Å². The van der Waals surface area contributed by atoms with E-state index in [0.717, 1.165) is 33.7 Å². The Bertz CT molecular complexity index is 570. The Balaban J connectivity index is 2.43. The van der Waals surface area contributed by atoms with Crippen LogP contribution in [0.3, 0.4) is 0 Å². The molecule has 1 aliphatic carbocycles. The molecule has 15 heavy (non-hydrogen) atoms. The highest BCUT2D eigenvalue weighted by molar-refractivity contribution is 5.99. The molecule has 0 N–H and O–H groups in total. The smallest absolute Gasteiger partial charge is 0.0787 e. The van der Waals surface area contributed by atoms with Crippen molar-refractivity contribution in [1.82, 2.24) is 9.97 Å². The molecule has 0 aliphatic heterocycles. The number of rotatable bonds is 0. The molecule has 0 aromatic carbocycles. The fourth-order valence-corrected chi connectivity index (χ4v) is 2.14. The van der Waals surface area contributed by atoms with E-state index in [-0.39, 0.29) is 0 Å². The highest BCUT2D eigenvalue weighted by atomic mass is 14.7. The van der Waals surface area contributed by atoms with Gasteiger partial charge in [-0.05, 0) is 24.6 Å². The van der Waals surface area contributed by atoms with E-state index in [2.05, 4.69) is 22.6 Å². The molecular weight excluding hydrogens is 184 g/mol. The quantitative estimate of drug-likeness (QED) is 0.550. The van der Waals surface area contributed by atoms with Crippen LogP contribution >= 0.6 is 0 Å². The first-order valence-corrected chi connectivity index (χ1v) is 4.89. The lowest BCUT2D eigenvalue weighted by atomic mass is 10.1. The topological polar surface area (TPSA) is 25.8 Å². The van der Waals surface area contributed by atoms with E-state index in [1.165, 1.54) is 0 Å². The largest absolute Gasteiger partial charge is 0.261 e. The van der Waals surface area contributed by atoms with E-state index in [1.807, 2.05) is 31.5 Å². The molecule has 1 aliphatic rings. The lowest BCUT2D eigenvalue weighted by molar-refractivity contribution is 1.19. The van der Waals surface area contributed by atoms with E-state index in [1.54, 1.807) is 0 Å². The van der Waals surface area contributed by atoms with Gasteiger partial charge in [0.25, 0.3) is 0 Å². The second-order valence-corrected chi connectivity index (χ2v) is 3.70. The van der Waals surface area contributed by atoms with Gasteiger partial charge in [-0.3, -0.25) is 9.97 Å². The van der Waals surface area contributed by atoms with Gasteiger partial charge >= 0.3 is 0 Å². The van der Waals surface area contributed by atoms with Gasteiger partial charge in [0.15, 0.2) is 0 Å². The van der Waals surface area contributed by atoms with E-state index in [0.29, 0.717) is 0 Å². The Morgan fingerprint density at radius 1 is 1.07 bits per heavy atom. The first-order chi connectivity index (χ1) is 7.29. The zero-order valence-corrected chi connectivity index (χ0v) is 8.49. The third-order valence-corrected chi connectivity index (χ3v) is 2.83. The van der Waals surface area contributed by atoms with Crippen molar-refractivity contribution in [3.63, 3.8) is 0 Å². The fraction of sp³-hybridized carbons (Fsp3) is 0.0769. The van der Waals surface area contributed by atoms with Crippen molar-refractivity contribution in [3.8, 4) is 11.3 Å². The van der Waals surface area contributed by atoms with Crippen LogP contribution in [0.25, 0.3) is 16.8 Å². The summed E-state index contributed by atoms with van der Waals surface area (Å²) in [4.78, 5) is 8.70. The van der Waals surface area contributed by atoms with Gasteiger partial charge in [-0.2, -0.15) is 0 Å². The molecule has 3 rings (SSSR count). The Morgan fingerprint density at radius 2 is 1.93 bits per heavy atom. The average molecular weight is 194 g/mol. The highest BCUT2D eigenvalue weighted by Gasteiger charge is 2.24. The summed E-state index contributed by atoms with van der Waals surface area (Å²) in [6.07, 6.45) is 3.64. The molecule has 0 bridgehead atoms. The molecule has 0 saturated heterocycles. The van der Waals surface area contributed by atoms with Crippen LogP contribution < -0.4 is 0 Å². The van der Waals surface area contributed by atoms with Crippen LogP contribution in [0.2, 0.25) is 0 Å². The third-order valence-electron chi connectivity index (χ3n) is 2.83. The van der Waals surface area contributed by atoms with Crippen LogP contribution in [-0.2, 0) is 0 Å². The number of pyridine rings is 2. The van der Waals surface area contributed by atoms with Crippen molar-refractivity contribution in [1.29, 1.82) is 0 Å². The number of aryl methyl sites for hydroxylation is 1. The zero-order chi connectivity index (χ0) is 10.4. The minimum absolute atomic E-state index is 1.02. The summed E-state index contributed by atoms with van der Waals surface area (Å²) in [5.74, 6) is 0. The highest BCUT2D eigenvalue weighted by Crippen LogP contribution is 2.42. The van der Waals surface area contributed by atoms with Gasteiger partial charge in [0.1, 0.15) is 0 Å². The summed E-state index contributed by atoms with van der Waals surface area (Å²) in [6, 6.07) is 6.01. The van der Waals surface area contributed by atoms with Crippen molar-refractivity contribution in [3.05, 3.63) is 54.0 Å². The summed E-state index contributed by atoms with van der Waals surface area (Å²) in [5.41, 5.74) is 6.52. The SMILES string of the molecule is C=C1c2cccnc2-c2ccnc(C)c21. The maximum atomic E-state index is 4.40. The molecule has 2 heterocycles. The summed E-state index contributed by atoms with van der Waals surface area (Å²) in [5, 5.41) is 0. The molecule has 2 nitrogen and oxygen atoms in total. The number of hydrogen-bond donors (Lipinski definition) is 0. The summed E-state index contributed by atoms with van der Waals surface area (Å²) in [7, 11) is 0. The van der Waals surface area contributed by atoms with Crippen LogP contribution in [0.15, 0.2) is 37.2 Å². The van der Waals surface area contributed by atoms with Crippen molar-refractivity contribution < 1.29 is 0 Å². The molecule has 2 aromatic rings. The Hall–Kier alpha value is -1.96. The summed E-state index contributed by atoms with van der Waals surface area (Å²) in [6.45, 7) is 6.13. The Labute approximate surface area is 88.3 Å². The van der Waals surface area contributed by atoms with Gasteiger partial charge in [-0.25, -0.2) is 0 Å². The molecule has 2 aromatic heterocycles. The zero-order valence-electron chi connectivity index (χ0n) is 8.49. The Morgan fingerprint density at radius 3 is 2.80 bits per heavy atom. The van der Waals surface area contributed by atoms with Crippen molar-refractivity contribution in [2.24, 2.45) is 0 Å². The van der Waals surface area contributed by atoms with Crippen LogP contribution in [0.4, 0.5) is 0 Å². The van der Waals surface area contributed by atoms with Gasteiger partial charge in [0.05, 0.1) is 5.69 Å². The van der Waals surface area contributed by atoms with Crippen LogP contribution in [-0.4, -0.2) is 9.97 Å². The molecule has 0 amide bonds. The van der Waals surface area contributed by atoms with Gasteiger partial charge in [-0.15, -0.1) is 0 Å². The van der Waals surface area contributed by atoms with Gasteiger partial charge in [0, 0.05) is 34.8 Å². The number of fused-ring (bicyclic) bond motifs is 3. The predicted molar refractivity (Wildman–Crippen MR) is 60.3 cm³/mol. The van der Waals surface area contributed by atoms with Gasteiger partial charge in [0.2, 0.25) is 0 Å². The molecule has 2 heteroatoms. The second kappa shape index (κ2) is 2.76. The normalized spacial score (nSPS) is 12.5.